The van der Waals surface area contributed by atoms with Gasteiger partial charge in [-0.1, -0.05) is 0 Å². The van der Waals surface area contributed by atoms with Crippen molar-refractivity contribution in [2.24, 2.45) is 5.41 Å². The fourth-order valence-electron chi connectivity index (χ4n) is 1.77. The molecule has 1 aliphatic rings. The van der Waals surface area contributed by atoms with Gasteiger partial charge in [-0.15, -0.1) is 11.6 Å². The monoisotopic (exact) mass is 248 g/mol. The standard InChI is InChI=1S/C12H13ClN4/c13-7-12(3-4-12)8-16-10-2-1-9-11(17-10)15-6-5-14-9/h1-2,5-6H,3-4,7-8H2,(H,15,16,17). The van der Waals surface area contributed by atoms with E-state index in [1.165, 1.54) is 12.8 Å². The van der Waals surface area contributed by atoms with Crippen molar-refractivity contribution in [3.8, 4) is 0 Å². The van der Waals surface area contributed by atoms with Gasteiger partial charge < -0.3 is 5.32 Å². The van der Waals surface area contributed by atoms with Gasteiger partial charge in [-0.2, -0.15) is 0 Å². The summed E-state index contributed by atoms with van der Waals surface area (Å²) < 4.78 is 0. The second-order valence-corrected chi connectivity index (χ2v) is 4.85. The van der Waals surface area contributed by atoms with Crippen molar-refractivity contribution in [2.45, 2.75) is 12.8 Å². The molecule has 0 amide bonds. The van der Waals surface area contributed by atoms with Gasteiger partial charge in [0.05, 0.1) is 0 Å². The first-order valence-electron chi connectivity index (χ1n) is 5.69. The summed E-state index contributed by atoms with van der Waals surface area (Å²) in [5.41, 5.74) is 1.78. The molecule has 1 N–H and O–H groups in total. The lowest BCUT2D eigenvalue weighted by atomic mass is 10.1. The minimum Gasteiger partial charge on any atom is -0.369 e. The lowest BCUT2D eigenvalue weighted by Gasteiger charge is -2.12. The molecule has 0 atom stereocenters. The van der Waals surface area contributed by atoms with Crippen LogP contribution in [0.2, 0.25) is 0 Å². The van der Waals surface area contributed by atoms with Gasteiger partial charge in [-0.25, -0.2) is 9.97 Å². The summed E-state index contributed by atoms with van der Waals surface area (Å²) in [6.45, 7) is 0.884. The van der Waals surface area contributed by atoms with Gasteiger partial charge in [0.2, 0.25) is 0 Å². The van der Waals surface area contributed by atoms with Crippen LogP contribution in [0.15, 0.2) is 24.5 Å². The van der Waals surface area contributed by atoms with E-state index in [1.54, 1.807) is 12.4 Å². The highest BCUT2D eigenvalue weighted by Crippen LogP contribution is 2.46. The Balaban J connectivity index is 1.77. The maximum absolute atomic E-state index is 5.93. The van der Waals surface area contributed by atoms with Crippen molar-refractivity contribution in [3.05, 3.63) is 24.5 Å². The topological polar surface area (TPSA) is 50.7 Å². The number of anilines is 1. The van der Waals surface area contributed by atoms with Gasteiger partial charge in [0.15, 0.2) is 5.65 Å². The van der Waals surface area contributed by atoms with Crippen molar-refractivity contribution in [2.75, 3.05) is 17.7 Å². The van der Waals surface area contributed by atoms with Crippen molar-refractivity contribution >= 4 is 28.6 Å². The Bertz CT molecular complexity index is 539. The highest BCUT2D eigenvalue weighted by atomic mass is 35.5. The number of hydrogen-bond donors (Lipinski definition) is 1. The Morgan fingerprint density at radius 2 is 2.06 bits per heavy atom. The maximum atomic E-state index is 5.93. The third-order valence-corrected chi connectivity index (χ3v) is 3.78. The molecule has 0 radical (unpaired) electrons. The van der Waals surface area contributed by atoms with Crippen LogP contribution in [0.4, 0.5) is 5.82 Å². The van der Waals surface area contributed by atoms with E-state index < -0.39 is 0 Å². The summed E-state index contributed by atoms with van der Waals surface area (Å²) >= 11 is 5.93. The zero-order valence-electron chi connectivity index (χ0n) is 9.36. The molecule has 5 heteroatoms. The van der Waals surface area contributed by atoms with Crippen LogP contribution >= 0.6 is 11.6 Å². The summed E-state index contributed by atoms with van der Waals surface area (Å²) in [6.07, 6.45) is 5.73. The first-order chi connectivity index (χ1) is 8.31. The fraction of sp³-hybridized carbons (Fsp3) is 0.417. The van der Waals surface area contributed by atoms with Crippen molar-refractivity contribution in [3.63, 3.8) is 0 Å². The van der Waals surface area contributed by atoms with Gasteiger partial charge in [0, 0.05) is 30.2 Å². The van der Waals surface area contributed by atoms with Gasteiger partial charge in [0.25, 0.3) is 0 Å². The number of fused-ring (bicyclic) bond motifs is 1. The number of pyridine rings is 1. The summed E-state index contributed by atoms with van der Waals surface area (Å²) in [7, 11) is 0. The number of rotatable bonds is 4. The molecule has 2 aromatic heterocycles. The van der Waals surface area contributed by atoms with E-state index >= 15 is 0 Å². The van der Waals surface area contributed by atoms with Crippen LogP contribution in [0.25, 0.3) is 11.2 Å². The molecule has 0 aromatic carbocycles. The quantitative estimate of drug-likeness (QED) is 0.845. The highest BCUT2D eigenvalue weighted by molar-refractivity contribution is 6.18. The smallest absolute Gasteiger partial charge is 0.180 e. The van der Waals surface area contributed by atoms with Crippen molar-refractivity contribution in [1.29, 1.82) is 0 Å². The van der Waals surface area contributed by atoms with Crippen LogP contribution in [0.5, 0.6) is 0 Å². The van der Waals surface area contributed by atoms with Crippen LogP contribution in [0.1, 0.15) is 12.8 Å². The molecule has 1 fully saturated rings. The number of nitrogens with zero attached hydrogens (tertiary/aromatic N) is 3. The molecular formula is C12H13ClN4. The largest absolute Gasteiger partial charge is 0.369 e. The van der Waals surface area contributed by atoms with Crippen LogP contribution in [-0.2, 0) is 0 Å². The van der Waals surface area contributed by atoms with Crippen LogP contribution < -0.4 is 5.32 Å². The highest BCUT2D eigenvalue weighted by Gasteiger charge is 2.41. The number of nitrogens with one attached hydrogen (secondary N) is 1. The summed E-state index contributed by atoms with van der Waals surface area (Å²) in [4.78, 5) is 12.8. The van der Waals surface area contributed by atoms with Crippen LogP contribution in [0.3, 0.4) is 0 Å². The molecule has 0 bridgehead atoms. The molecule has 0 saturated heterocycles. The number of alkyl halides is 1. The van der Waals surface area contributed by atoms with Crippen LogP contribution in [-0.4, -0.2) is 27.4 Å². The van der Waals surface area contributed by atoms with E-state index in [9.17, 15) is 0 Å². The lowest BCUT2D eigenvalue weighted by molar-refractivity contribution is 0.617. The van der Waals surface area contributed by atoms with Gasteiger partial charge in [-0.3, -0.25) is 4.98 Å². The average molecular weight is 249 g/mol. The number of hydrogen-bond acceptors (Lipinski definition) is 4. The van der Waals surface area contributed by atoms with E-state index in [-0.39, 0.29) is 0 Å². The summed E-state index contributed by atoms with van der Waals surface area (Å²) in [6, 6.07) is 3.86. The average Bonchev–Trinajstić information content (AvgIpc) is 3.17. The lowest BCUT2D eigenvalue weighted by Crippen LogP contribution is -2.17. The number of halogens is 1. The third-order valence-electron chi connectivity index (χ3n) is 3.22. The SMILES string of the molecule is ClCC1(CNc2ccc3nccnc3n2)CC1. The Labute approximate surface area is 104 Å². The molecule has 2 heterocycles. The first kappa shape index (κ1) is 10.7. The van der Waals surface area contributed by atoms with Crippen molar-refractivity contribution < 1.29 is 0 Å². The minimum absolute atomic E-state index is 0.292. The zero-order valence-corrected chi connectivity index (χ0v) is 10.1. The Morgan fingerprint density at radius 1 is 1.24 bits per heavy atom. The van der Waals surface area contributed by atoms with Gasteiger partial charge in [-0.05, 0) is 25.0 Å². The van der Waals surface area contributed by atoms with E-state index in [4.69, 9.17) is 11.6 Å². The van der Waals surface area contributed by atoms with Gasteiger partial charge in [0.1, 0.15) is 11.3 Å². The molecule has 0 aliphatic heterocycles. The predicted molar refractivity (Wildman–Crippen MR) is 68.2 cm³/mol. The maximum Gasteiger partial charge on any atom is 0.180 e. The second kappa shape index (κ2) is 4.11. The zero-order chi connectivity index (χ0) is 11.7. The number of aromatic nitrogens is 3. The van der Waals surface area contributed by atoms with E-state index in [0.29, 0.717) is 16.9 Å². The first-order valence-corrected chi connectivity index (χ1v) is 6.22. The molecule has 88 valence electrons. The Morgan fingerprint density at radius 3 is 2.82 bits per heavy atom. The molecule has 3 rings (SSSR count). The van der Waals surface area contributed by atoms with E-state index in [2.05, 4.69) is 20.3 Å². The fourth-order valence-corrected chi connectivity index (χ4v) is 2.13. The minimum atomic E-state index is 0.292. The summed E-state index contributed by atoms with van der Waals surface area (Å²) in [5.74, 6) is 1.56. The summed E-state index contributed by atoms with van der Waals surface area (Å²) in [5, 5.41) is 3.33. The molecular weight excluding hydrogens is 236 g/mol. The molecule has 0 spiro atoms. The predicted octanol–water partition coefficient (Wildman–Crippen LogP) is 2.46. The Hall–Kier alpha value is -1.42. The molecule has 1 aliphatic carbocycles. The molecule has 0 unspecified atom stereocenters. The molecule has 2 aromatic rings. The van der Waals surface area contributed by atoms with Crippen molar-refractivity contribution in [1.82, 2.24) is 15.0 Å². The van der Waals surface area contributed by atoms with Gasteiger partial charge >= 0.3 is 0 Å². The molecule has 4 nitrogen and oxygen atoms in total. The molecule has 1 saturated carbocycles. The molecule has 17 heavy (non-hydrogen) atoms. The third kappa shape index (κ3) is 2.17. The normalized spacial score (nSPS) is 17.0. The second-order valence-electron chi connectivity index (χ2n) is 4.58. The Kier molecular flexibility index (Phi) is 2.59. The van der Waals surface area contributed by atoms with E-state index in [1.807, 2.05) is 12.1 Å². The van der Waals surface area contributed by atoms with E-state index in [0.717, 1.165) is 17.9 Å². The van der Waals surface area contributed by atoms with Crippen LogP contribution in [0, 0.1) is 5.41 Å².